The van der Waals surface area contributed by atoms with Crippen LogP contribution in [0.1, 0.15) is 40.3 Å². The number of nitrogens with zero attached hydrogens (tertiary/aromatic N) is 3. The first kappa shape index (κ1) is 11.2. The second-order valence-electron chi connectivity index (χ2n) is 5.33. The van der Waals surface area contributed by atoms with Crippen LogP contribution in [-0.2, 0) is 6.54 Å². The molecular weight excluding hydrogens is 200 g/mol. The van der Waals surface area contributed by atoms with Gasteiger partial charge in [0.05, 0.1) is 23.6 Å². The van der Waals surface area contributed by atoms with Crippen molar-refractivity contribution in [2.45, 2.75) is 52.2 Å². The van der Waals surface area contributed by atoms with Crippen LogP contribution in [0.2, 0.25) is 0 Å². The fraction of sp³-hybridized carbons (Fsp3) is 0.667. The Labute approximate surface area is 96.8 Å². The molecule has 0 radical (unpaired) electrons. The highest BCUT2D eigenvalue weighted by Crippen LogP contribution is 2.31. The van der Waals surface area contributed by atoms with Gasteiger partial charge in [-0.25, -0.2) is 4.98 Å². The van der Waals surface area contributed by atoms with Gasteiger partial charge >= 0.3 is 0 Å². The Morgan fingerprint density at radius 1 is 1.31 bits per heavy atom. The van der Waals surface area contributed by atoms with Crippen molar-refractivity contribution >= 4 is 5.84 Å². The second-order valence-corrected chi connectivity index (χ2v) is 5.33. The Balaban J connectivity index is 2.39. The molecule has 1 N–H and O–H groups in total. The molecular formula is C12H20N4. The zero-order valence-corrected chi connectivity index (χ0v) is 10.7. The molecule has 1 aliphatic heterocycles. The molecule has 0 aliphatic carbocycles. The van der Waals surface area contributed by atoms with Crippen LogP contribution < -0.4 is 5.32 Å². The normalized spacial score (nSPS) is 21.7. The van der Waals surface area contributed by atoms with Crippen LogP contribution in [0.3, 0.4) is 0 Å². The highest BCUT2D eigenvalue weighted by atomic mass is 15.2. The smallest absolute Gasteiger partial charge is 0.148 e. The first-order chi connectivity index (χ1) is 7.37. The van der Waals surface area contributed by atoms with Crippen LogP contribution in [0.25, 0.3) is 0 Å². The van der Waals surface area contributed by atoms with Gasteiger partial charge in [0.2, 0.25) is 0 Å². The van der Waals surface area contributed by atoms with Gasteiger partial charge in [0.15, 0.2) is 0 Å². The minimum Gasteiger partial charge on any atom is -0.361 e. The van der Waals surface area contributed by atoms with Gasteiger partial charge in [-0.3, -0.25) is 4.99 Å². The second kappa shape index (κ2) is 3.34. The van der Waals surface area contributed by atoms with Crippen molar-refractivity contribution in [3.63, 3.8) is 0 Å². The third kappa shape index (κ3) is 1.52. The van der Waals surface area contributed by atoms with Crippen LogP contribution in [0.15, 0.2) is 17.5 Å². The third-order valence-electron chi connectivity index (χ3n) is 3.65. The summed E-state index contributed by atoms with van der Waals surface area (Å²) < 4.78 is 2.10. The monoisotopic (exact) mass is 220 g/mol. The van der Waals surface area contributed by atoms with Crippen LogP contribution >= 0.6 is 0 Å². The summed E-state index contributed by atoms with van der Waals surface area (Å²) in [6, 6.07) is 0. The highest BCUT2D eigenvalue weighted by molar-refractivity contribution is 5.99. The van der Waals surface area contributed by atoms with E-state index in [1.165, 1.54) is 0 Å². The molecule has 16 heavy (non-hydrogen) atoms. The van der Waals surface area contributed by atoms with Gasteiger partial charge in [-0.05, 0) is 34.6 Å². The van der Waals surface area contributed by atoms with Crippen molar-refractivity contribution in [1.82, 2.24) is 14.9 Å². The van der Waals surface area contributed by atoms with E-state index in [0.29, 0.717) is 0 Å². The predicted octanol–water partition coefficient (Wildman–Crippen LogP) is 1.81. The molecule has 2 rings (SSSR count). The molecule has 0 saturated heterocycles. The molecule has 2 heterocycles. The number of hydrogen-bond donors (Lipinski definition) is 1. The molecule has 1 aliphatic rings. The van der Waals surface area contributed by atoms with E-state index >= 15 is 0 Å². The fourth-order valence-electron chi connectivity index (χ4n) is 1.79. The summed E-state index contributed by atoms with van der Waals surface area (Å²) in [7, 11) is 0. The van der Waals surface area contributed by atoms with E-state index in [9.17, 15) is 0 Å². The van der Waals surface area contributed by atoms with Crippen molar-refractivity contribution < 1.29 is 0 Å². The van der Waals surface area contributed by atoms with Gasteiger partial charge in [-0.1, -0.05) is 0 Å². The summed E-state index contributed by atoms with van der Waals surface area (Å²) in [5.41, 5.74) is 0.956. The number of rotatable bonds is 2. The summed E-state index contributed by atoms with van der Waals surface area (Å²) >= 11 is 0. The molecule has 0 amide bonds. The lowest BCUT2D eigenvalue weighted by Crippen LogP contribution is -2.50. The number of nitrogens with one attached hydrogen (secondary N) is 1. The lowest BCUT2D eigenvalue weighted by Gasteiger charge is -2.32. The summed E-state index contributed by atoms with van der Waals surface area (Å²) in [6.07, 6.45) is 3.71. The summed E-state index contributed by atoms with van der Waals surface area (Å²) in [5.74, 6) is 0.953. The molecule has 1 aromatic heterocycles. The molecule has 0 fully saturated rings. The van der Waals surface area contributed by atoms with E-state index in [1.54, 1.807) is 0 Å². The van der Waals surface area contributed by atoms with E-state index in [0.717, 1.165) is 18.1 Å². The van der Waals surface area contributed by atoms with Crippen molar-refractivity contribution in [2.24, 2.45) is 4.99 Å². The number of amidine groups is 1. The van der Waals surface area contributed by atoms with Crippen LogP contribution in [0.5, 0.6) is 0 Å². The predicted molar refractivity (Wildman–Crippen MR) is 65.7 cm³/mol. The first-order valence-corrected chi connectivity index (χ1v) is 5.76. The first-order valence-electron chi connectivity index (χ1n) is 5.76. The molecule has 0 atom stereocenters. The Bertz CT molecular complexity index is 426. The SMILES string of the molecule is CCn1cncc1C1=NC(C)(C)C(C)(C)N1. The van der Waals surface area contributed by atoms with Crippen molar-refractivity contribution in [2.75, 3.05) is 0 Å². The van der Waals surface area contributed by atoms with Gasteiger partial charge in [0.1, 0.15) is 11.5 Å². The summed E-state index contributed by atoms with van der Waals surface area (Å²) in [4.78, 5) is 8.94. The molecule has 1 aromatic rings. The molecule has 0 bridgehead atoms. The molecule has 0 unspecified atom stereocenters. The van der Waals surface area contributed by atoms with E-state index < -0.39 is 0 Å². The average molecular weight is 220 g/mol. The van der Waals surface area contributed by atoms with Crippen molar-refractivity contribution in [3.05, 3.63) is 18.2 Å². The van der Waals surface area contributed by atoms with Crippen LogP contribution in [0.4, 0.5) is 0 Å². The lowest BCUT2D eigenvalue weighted by molar-refractivity contribution is 0.309. The molecule has 0 spiro atoms. The number of imidazole rings is 1. The zero-order valence-electron chi connectivity index (χ0n) is 10.7. The van der Waals surface area contributed by atoms with Crippen molar-refractivity contribution in [3.8, 4) is 0 Å². The number of aryl methyl sites for hydroxylation is 1. The summed E-state index contributed by atoms with van der Waals surface area (Å²) in [6.45, 7) is 11.7. The fourth-order valence-corrected chi connectivity index (χ4v) is 1.79. The molecule has 88 valence electrons. The third-order valence-corrected chi connectivity index (χ3v) is 3.65. The van der Waals surface area contributed by atoms with Crippen LogP contribution in [-0.4, -0.2) is 26.5 Å². The van der Waals surface area contributed by atoms with Crippen molar-refractivity contribution in [1.29, 1.82) is 0 Å². The van der Waals surface area contributed by atoms with Gasteiger partial charge in [-0.15, -0.1) is 0 Å². The van der Waals surface area contributed by atoms with Gasteiger partial charge in [-0.2, -0.15) is 0 Å². The maximum absolute atomic E-state index is 4.77. The van der Waals surface area contributed by atoms with Crippen LogP contribution in [0, 0.1) is 0 Å². The minimum atomic E-state index is -0.0921. The lowest BCUT2D eigenvalue weighted by atomic mass is 9.85. The number of aromatic nitrogens is 2. The topological polar surface area (TPSA) is 42.2 Å². The Morgan fingerprint density at radius 3 is 2.50 bits per heavy atom. The van der Waals surface area contributed by atoms with Gasteiger partial charge in [0.25, 0.3) is 0 Å². The Morgan fingerprint density at radius 2 is 2.00 bits per heavy atom. The number of aliphatic imine (C=N–C) groups is 1. The number of hydrogen-bond acceptors (Lipinski definition) is 3. The Hall–Kier alpha value is -1.32. The highest BCUT2D eigenvalue weighted by Gasteiger charge is 2.43. The largest absolute Gasteiger partial charge is 0.361 e. The van der Waals surface area contributed by atoms with Gasteiger partial charge in [0, 0.05) is 6.54 Å². The maximum atomic E-state index is 4.77. The van der Waals surface area contributed by atoms with E-state index in [2.05, 4.69) is 49.5 Å². The van der Waals surface area contributed by atoms with E-state index in [1.807, 2.05) is 12.5 Å². The molecule has 0 saturated carbocycles. The Kier molecular flexibility index (Phi) is 2.33. The summed E-state index contributed by atoms with van der Waals surface area (Å²) in [5, 5.41) is 3.49. The quantitative estimate of drug-likeness (QED) is 0.826. The zero-order chi connectivity index (χ0) is 12.0. The molecule has 0 aromatic carbocycles. The average Bonchev–Trinajstić information content (AvgIpc) is 2.69. The standard InChI is InChI=1S/C12H20N4/c1-6-16-8-13-7-9(16)10-14-11(2,3)12(4,5)15-10/h7-8H,6H2,1-5H3,(H,14,15). The van der Waals surface area contributed by atoms with Gasteiger partial charge < -0.3 is 9.88 Å². The maximum Gasteiger partial charge on any atom is 0.148 e. The minimum absolute atomic E-state index is 0.0226. The molecule has 4 nitrogen and oxygen atoms in total. The molecule has 4 heteroatoms. The van der Waals surface area contributed by atoms with E-state index in [-0.39, 0.29) is 11.1 Å². The van der Waals surface area contributed by atoms with E-state index in [4.69, 9.17) is 4.99 Å².